The second kappa shape index (κ2) is 10.3. The molecule has 188 valence electrons. The third-order valence-corrected chi connectivity index (χ3v) is 8.15. The minimum Gasteiger partial charge on any atom is -0.497 e. The number of ether oxygens (including phenoxy) is 1. The Hall–Kier alpha value is -3.04. The highest BCUT2D eigenvalue weighted by molar-refractivity contribution is 7.92. The summed E-state index contributed by atoms with van der Waals surface area (Å²) in [5.41, 5.74) is 2.45. The minimum atomic E-state index is -4.14. The molecule has 0 amide bonds. The molecule has 0 aliphatic heterocycles. The first-order chi connectivity index (χ1) is 16.3. The maximum absolute atomic E-state index is 13.1. The van der Waals surface area contributed by atoms with Gasteiger partial charge in [0.15, 0.2) is 0 Å². The van der Waals surface area contributed by atoms with Crippen molar-refractivity contribution >= 4 is 25.8 Å². The first-order valence-corrected chi connectivity index (χ1v) is 14.1. The Kier molecular flexibility index (Phi) is 7.81. The van der Waals surface area contributed by atoms with E-state index in [0.29, 0.717) is 22.6 Å². The number of hydrogen-bond acceptors (Lipinski definition) is 6. The maximum Gasteiger partial charge on any atom is 0.339 e. The molecule has 0 aromatic heterocycles. The third kappa shape index (κ3) is 6.15. The lowest BCUT2D eigenvalue weighted by Crippen LogP contribution is -2.16. The Morgan fingerprint density at radius 2 is 1.23 bits per heavy atom. The zero-order chi connectivity index (χ0) is 26.0. The summed E-state index contributed by atoms with van der Waals surface area (Å²) in [7, 11) is -6.47. The number of benzene rings is 3. The van der Waals surface area contributed by atoms with Gasteiger partial charge in [-0.25, -0.2) is 8.42 Å². The van der Waals surface area contributed by atoms with Gasteiger partial charge >= 0.3 is 10.1 Å². The van der Waals surface area contributed by atoms with Crippen LogP contribution in [0.3, 0.4) is 0 Å². The Balaban J connectivity index is 2.06. The Labute approximate surface area is 208 Å². The van der Waals surface area contributed by atoms with Crippen molar-refractivity contribution in [3.8, 4) is 11.5 Å². The molecule has 0 spiro atoms. The molecule has 0 saturated heterocycles. The minimum absolute atomic E-state index is 0.00753. The normalized spacial score (nSPS) is 12.1. The van der Waals surface area contributed by atoms with Gasteiger partial charge in [-0.15, -0.1) is 0 Å². The molecular weight excluding hydrogens is 486 g/mol. The maximum atomic E-state index is 13.1. The van der Waals surface area contributed by atoms with E-state index in [1.54, 1.807) is 48.5 Å². The average molecular weight is 518 g/mol. The Bertz CT molecular complexity index is 1360. The third-order valence-electron chi connectivity index (χ3n) is 5.52. The second-order valence-corrected chi connectivity index (χ2v) is 12.2. The van der Waals surface area contributed by atoms with Crippen LogP contribution in [0.1, 0.15) is 56.2 Å². The van der Waals surface area contributed by atoms with Crippen molar-refractivity contribution in [3.05, 3.63) is 77.4 Å². The quantitative estimate of drug-likeness (QED) is 0.359. The highest BCUT2D eigenvalue weighted by atomic mass is 32.2. The van der Waals surface area contributed by atoms with Crippen LogP contribution in [0.4, 0.5) is 5.69 Å². The van der Waals surface area contributed by atoms with E-state index in [1.165, 1.54) is 19.2 Å². The molecule has 35 heavy (non-hydrogen) atoms. The van der Waals surface area contributed by atoms with Crippen LogP contribution < -0.4 is 13.6 Å². The lowest BCUT2D eigenvalue weighted by atomic mass is 9.93. The van der Waals surface area contributed by atoms with Crippen LogP contribution in [-0.4, -0.2) is 23.9 Å². The van der Waals surface area contributed by atoms with Crippen molar-refractivity contribution in [1.29, 1.82) is 0 Å². The van der Waals surface area contributed by atoms with Crippen LogP contribution in [0.2, 0.25) is 0 Å². The van der Waals surface area contributed by atoms with Crippen molar-refractivity contribution < 1.29 is 25.8 Å². The molecule has 9 heteroatoms. The van der Waals surface area contributed by atoms with Crippen LogP contribution in [0, 0.1) is 6.92 Å². The van der Waals surface area contributed by atoms with Gasteiger partial charge in [0.2, 0.25) is 0 Å². The molecule has 0 unspecified atom stereocenters. The Morgan fingerprint density at radius 3 is 1.69 bits per heavy atom. The Morgan fingerprint density at radius 1 is 0.743 bits per heavy atom. The predicted octanol–water partition coefficient (Wildman–Crippen LogP) is 5.82. The number of methoxy groups -OCH3 is 1. The van der Waals surface area contributed by atoms with Crippen molar-refractivity contribution in [2.24, 2.45) is 0 Å². The molecule has 0 aliphatic carbocycles. The van der Waals surface area contributed by atoms with E-state index in [0.717, 1.165) is 5.56 Å². The van der Waals surface area contributed by atoms with Gasteiger partial charge in [0.1, 0.15) is 16.4 Å². The van der Waals surface area contributed by atoms with Crippen molar-refractivity contribution in [2.75, 3.05) is 11.8 Å². The van der Waals surface area contributed by atoms with E-state index in [-0.39, 0.29) is 27.4 Å². The van der Waals surface area contributed by atoms with Gasteiger partial charge in [0, 0.05) is 16.8 Å². The van der Waals surface area contributed by atoms with Crippen LogP contribution in [0.25, 0.3) is 0 Å². The lowest BCUT2D eigenvalue weighted by molar-refractivity contribution is 0.414. The molecule has 0 saturated carbocycles. The summed E-state index contributed by atoms with van der Waals surface area (Å²) in [6.45, 7) is 9.45. The monoisotopic (exact) mass is 517 g/mol. The molecule has 3 aromatic carbocycles. The number of rotatable bonds is 9. The molecule has 1 N–H and O–H groups in total. The van der Waals surface area contributed by atoms with Gasteiger partial charge in [-0.2, -0.15) is 8.42 Å². The smallest absolute Gasteiger partial charge is 0.339 e. The van der Waals surface area contributed by atoms with Crippen molar-refractivity contribution in [1.82, 2.24) is 0 Å². The molecule has 3 aromatic rings. The standard InChI is InChI=1S/C26H31NO6S2/c1-17(2)24-15-20(27-34(28,29)22-11-7-19(5)8-12-22)16-25(18(3)4)26(24)33-35(30,31)23-13-9-21(32-6)10-14-23/h7-18,27H,1-6H3. The summed E-state index contributed by atoms with van der Waals surface area (Å²) >= 11 is 0. The summed E-state index contributed by atoms with van der Waals surface area (Å²) in [5, 5.41) is 0. The van der Waals surface area contributed by atoms with Crippen molar-refractivity contribution in [2.45, 2.75) is 56.2 Å². The van der Waals surface area contributed by atoms with Gasteiger partial charge in [-0.05, 0) is 67.3 Å². The number of nitrogens with one attached hydrogen (secondary N) is 1. The van der Waals surface area contributed by atoms with Crippen LogP contribution in [-0.2, 0) is 20.1 Å². The van der Waals surface area contributed by atoms with Crippen molar-refractivity contribution in [3.63, 3.8) is 0 Å². The largest absolute Gasteiger partial charge is 0.497 e. The van der Waals surface area contributed by atoms with Crippen LogP contribution in [0.15, 0.2) is 70.5 Å². The van der Waals surface area contributed by atoms with E-state index >= 15 is 0 Å². The molecule has 0 radical (unpaired) electrons. The summed E-state index contributed by atoms with van der Waals surface area (Å²) in [5.74, 6) is 0.457. The molecule has 3 rings (SSSR count). The summed E-state index contributed by atoms with van der Waals surface area (Å²) in [4.78, 5) is 0.134. The summed E-state index contributed by atoms with van der Waals surface area (Å²) in [6, 6.07) is 15.7. The van der Waals surface area contributed by atoms with Gasteiger partial charge in [-0.1, -0.05) is 45.4 Å². The molecule has 7 nitrogen and oxygen atoms in total. The average Bonchev–Trinajstić information content (AvgIpc) is 2.79. The van der Waals surface area contributed by atoms with Crippen LogP contribution in [0.5, 0.6) is 11.5 Å². The second-order valence-electron chi connectivity index (χ2n) is 8.92. The number of hydrogen-bond donors (Lipinski definition) is 1. The highest BCUT2D eigenvalue weighted by Gasteiger charge is 2.25. The zero-order valence-electron chi connectivity index (χ0n) is 20.7. The van der Waals surface area contributed by atoms with E-state index < -0.39 is 20.1 Å². The van der Waals surface area contributed by atoms with Gasteiger partial charge in [0.05, 0.1) is 12.0 Å². The fraction of sp³-hybridized carbons (Fsp3) is 0.308. The molecule has 0 atom stereocenters. The molecular formula is C26H31NO6S2. The van der Waals surface area contributed by atoms with Crippen LogP contribution >= 0.6 is 0 Å². The fourth-order valence-corrected chi connectivity index (χ4v) is 5.54. The van der Waals surface area contributed by atoms with Gasteiger partial charge in [-0.3, -0.25) is 4.72 Å². The highest BCUT2D eigenvalue weighted by Crippen LogP contribution is 2.39. The fourth-order valence-electron chi connectivity index (χ4n) is 3.52. The van der Waals surface area contributed by atoms with E-state index in [4.69, 9.17) is 8.92 Å². The first-order valence-electron chi connectivity index (χ1n) is 11.2. The molecule has 0 aliphatic rings. The summed E-state index contributed by atoms with van der Waals surface area (Å²) < 4.78 is 65.6. The van der Waals surface area contributed by atoms with E-state index in [2.05, 4.69) is 4.72 Å². The van der Waals surface area contributed by atoms with Gasteiger partial charge < -0.3 is 8.92 Å². The first kappa shape index (κ1) is 26.6. The molecule has 0 bridgehead atoms. The number of aryl methyl sites for hydroxylation is 1. The number of anilines is 1. The number of sulfonamides is 1. The molecule has 0 heterocycles. The zero-order valence-corrected chi connectivity index (χ0v) is 22.3. The van der Waals surface area contributed by atoms with E-state index in [9.17, 15) is 16.8 Å². The predicted molar refractivity (Wildman–Crippen MR) is 137 cm³/mol. The lowest BCUT2D eigenvalue weighted by Gasteiger charge is -2.22. The van der Waals surface area contributed by atoms with Gasteiger partial charge in [0.25, 0.3) is 10.0 Å². The summed E-state index contributed by atoms with van der Waals surface area (Å²) in [6.07, 6.45) is 0. The SMILES string of the molecule is COc1ccc(S(=O)(=O)Oc2c(C(C)C)cc(NS(=O)(=O)c3ccc(C)cc3)cc2C(C)C)cc1. The topological polar surface area (TPSA) is 98.8 Å². The van der Waals surface area contributed by atoms with E-state index in [1.807, 2.05) is 34.6 Å². The molecule has 0 fully saturated rings.